The Balaban J connectivity index is 2.50. The molecule has 0 unspecified atom stereocenters. The molecule has 1 aromatic carbocycles. The molecular weight excluding hydrogens is 356 g/mol. The molecule has 2 aromatic rings. The van der Waals surface area contributed by atoms with E-state index in [1.165, 1.54) is 0 Å². The zero-order chi connectivity index (χ0) is 19.5. The Kier molecular flexibility index (Phi) is 5.69. The second kappa shape index (κ2) is 7.59. The number of esters is 1. The predicted molar refractivity (Wildman–Crippen MR) is 85.8 cm³/mol. The molecule has 0 aliphatic heterocycles. The van der Waals surface area contributed by atoms with Gasteiger partial charge in [0, 0.05) is 24.4 Å². The largest absolute Gasteiger partial charge is 0.465 e. The van der Waals surface area contributed by atoms with Crippen LogP contribution < -0.4 is 10.1 Å². The summed E-state index contributed by atoms with van der Waals surface area (Å²) in [4.78, 5) is 15.4. The number of benzene rings is 1. The normalized spacial score (nSPS) is 11.4. The van der Waals surface area contributed by atoms with Crippen molar-refractivity contribution in [2.75, 3.05) is 12.4 Å². The first-order chi connectivity index (χ1) is 12.1. The molecule has 9 heteroatoms. The number of carbonyl (C=O) groups is 1. The summed E-state index contributed by atoms with van der Waals surface area (Å²) >= 11 is 0. The van der Waals surface area contributed by atoms with Gasteiger partial charge >= 0.3 is 12.1 Å². The maximum Gasteiger partial charge on any atom is 0.421 e. The zero-order valence-electron chi connectivity index (χ0n) is 14.1. The van der Waals surface area contributed by atoms with Gasteiger partial charge in [-0.2, -0.15) is 13.2 Å². The molecule has 2 rings (SSSR count). The van der Waals surface area contributed by atoms with Crippen molar-refractivity contribution in [3.05, 3.63) is 47.4 Å². The van der Waals surface area contributed by atoms with E-state index in [2.05, 4.69) is 15.0 Å². The number of pyridine rings is 1. The number of ether oxygens (including phenoxy) is 2. The molecular formula is C17H16F4N2O3. The Morgan fingerprint density at radius 1 is 1.27 bits per heavy atom. The first kappa shape index (κ1) is 19.5. The number of aromatic nitrogens is 1. The van der Waals surface area contributed by atoms with E-state index in [-0.39, 0.29) is 17.3 Å². The molecule has 1 N–H and O–H groups in total. The molecule has 0 aliphatic carbocycles. The molecule has 0 amide bonds. The van der Waals surface area contributed by atoms with Crippen LogP contribution in [0.25, 0.3) is 0 Å². The van der Waals surface area contributed by atoms with Crippen molar-refractivity contribution in [1.29, 1.82) is 0 Å². The maximum atomic E-state index is 14.3. The number of rotatable bonds is 5. The molecule has 0 radical (unpaired) electrons. The van der Waals surface area contributed by atoms with Crippen LogP contribution in [0, 0.1) is 5.82 Å². The Hall–Kier alpha value is -2.84. The van der Waals surface area contributed by atoms with E-state index in [0.717, 1.165) is 37.6 Å². The molecule has 0 bridgehead atoms. The fraction of sp³-hybridized carbons (Fsp3) is 0.294. The van der Waals surface area contributed by atoms with Gasteiger partial charge in [-0.25, -0.2) is 14.2 Å². The van der Waals surface area contributed by atoms with Gasteiger partial charge in [0.25, 0.3) is 0 Å². The summed E-state index contributed by atoms with van der Waals surface area (Å²) in [5, 5.41) is 2.86. The van der Waals surface area contributed by atoms with Gasteiger partial charge in [-0.15, -0.1) is 0 Å². The topological polar surface area (TPSA) is 60.5 Å². The molecule has 5 nitrogen and oxygen atoms in total. The third kappa shape index (κ3) is 4.41. The summed E-state index contributed by atoms with van der Waals surface area (Å²) in [6, 6.07) is 3.65. The molecule has 26 heavy (non-hydrogen) atoms. The second-order valence-electron chi connectivity index (χ2n) is 5.57. The highest BCUT2D eigenvalue weighted by molar-refractivity contribution is 5.96. The van der Waals surface area contributed by atoms with Crippen molar-refractivity contribution < 1.29 is 31.8 Å². The van der Waals surface area contributed by atoms with Gasteiger partial charge in [0.15, 0.2) is 11.6 Å². The van der Waals surface area contributed by atoms with Gasteiger partial charge < -0.3 is 14.8 Å². The Bertz CT molecular complexity index is 807. The number of carbonyl (C=O) groups excluding carboxylic acids is 1. The fourth-order valence-corrected chi connectivity index (χ4v) is 2.13. The van der Waals surface area contributed by atoms with Crippen molar-refractivity contribution in [3.8, 4) is 11.6 Å². The molecule has 0 fully saturated rings. The van der Waals surface area contributed by atoms with Crippen LogP contribution in [-0.2, 0) is 10.9 Å². The maximum absolute atomic E-state index is 14.3. The molecule has 1 aromatic heterocycles. The number of hydrogen-bond acceptors (Lipinski definition) is 5. The Labute approximate surface area is 146 Å². The van der Waals surface area contributed by atoms with E-state index in [1.807, 2.05) is 0 Å². The monoisotopic (exact) mass is 372 g/mol. The third-order valence-corrected chi connectivity index (χ3v) is 3.20. The standard InChI is InChI=1S/C17H16F4N2O3/c1-9(2)23-13-8-12(18)14(7-10(13)16(24)25-3)26-15-11(17(19,20)21)5-4-6-22-15/h4-9,23H,1-3H3. The van der Waals surface area contributed by atoms with Crippen molar-refractivity contribution in [3.63, 3.8) is 0 Å². The summed E-state index contributed by atoms with van der Waals surface area (Å²) in [5.74, 6) is -3.15. The highest BCUT2D eigenvalue weighted by Gasteiger charge is 2.35. The third-order valence-electron chi connectivity index (χ3n) is 3.20. The lowest BCUT2D eigenvalue weighted by molar-refractivity contribution is -0.138. The van der Waals surface area contributed by atoms with Gasteiger partial charge in [-0.1, -0.05) is 0 Å². The number of anilines is 1. The highest BCUT2D eigenvalue weighted by atomic mass is 19.4. The van der Waals surface area contributed by atoms with Gasteiger partial charge in [0.1, 0.15) is 5.56 Å². The lowest BCUT2D eigenvalue weighted by Crippen LogP contribution is -2.15. The van der Waals surface area contributed by atoms with Gasteiger partial charge in [-0.3, -0.25) is 0 Å². The van der Waals surface area contributed by atoms with Crippen LogP contribution >= 0.6 is 0 Å². The van der Waals surface area contributed by atoms with Crippen LogP contribution in [0.2, 0.25) is 0 Å². The smallest absolute Gasteiger partial charge is 0.421 e. The number of hydrogen-bond donors (Lipinski definition) is 1. The number of halogens is 4. The van der Waals surface area contributed by atoms with Crippen LogP contribution in [-0.4, -0.2) is 24.1 Å². The van der Waals surface area contributed by atoms with Crippen LogP contribution in [0.1, 0.15) is 29.8 Å². The minimum absolute atomic E-state index is 0.0814. The molecule has 0 spiro atoms. The number of nitrogens with zero attached hydrogens (tertiary/aromatic N) is 1. The Morgan fingerprint density at radius 2 is 1.96 bits per heavy atom. The van der Waals surface area contributed by atoms with E-state index in [9.17, 15) is 22.4 Å². The lowest BCUT2D eigenvalue weighted by Gasteiger charge is -2.17. The molecule has 0 saturated carbocycles. The van der Waals surface area contributed by atoms with Crippen molar-refractivity contribution in [1.82, 2.24) is 4.98 Å². The van der Waals surface area contributed by atoms with Crippen molar-refractivity contribution >= 4 is 11.7 Å². The summed E-state index contributed by atoms with van der Waals surface area (Å²) in [6.07, 6.45) is -3.65. The van der Waals surface area contributed by atoms with Gasteiger partial charge in [-0.05, 0) is 26.0 Å². The van der Waals surface area contributed by atoms with E-state index in [4.69, 9.17) is 4.74 Å². The second-order valence-corrected chi connectivity index (χ2v) is 5.57. The van der Waals surface area contributed by atoms with E-state index < -0.39 is 35.2 Å². The fourth-order valence-electron chi connectivity index (χ4n) is 2.13. The SMILES string of the molecule is COC(=O)c1cc(Oc2ncccc2C(F)(F)F)c(F)cc1NC(C)C. The zero-order valence-corrected chi connectivity index (χ0v) is 14.1. The minimum atomic E-state index is -4.73. The van der Waals surface area contributed by atoms with Crippen LogP contribution in [0.4, 0.5) is 23.2 Å². The van der Waals surface area contributed by atoms with E-state index in [1.54, 1.807) is 13.8 Å². The van der Waals surface area contributed by atoms with E-state index >= 15 is 0 Å². The molecule has 0 aliphatic rings. The number of alkyl halides is 3. The number of methoxy groups -OCH3 is 1. The molecule has 0 saturated heterocycles. The average molecular weight is 372 g/mol. The average Bonchev–Trinajstić information content (AvgIpc) is 2.55. The predicted octanol–water partition coefficient (Wildman–Crippen LogP) is 4.64. The first-order valence-electron chi connectivity index (χ1n) is 7.52. The van der Waals surface area contributed by atoms with Crippen molar-refractivity contribution in [2.24, 2.45) is 0 Å². The molecule has 0 atom stereocenters. The van der Waals surface area contributed by atoms with Gasteiger partial charge in [0.2, 0.25) is 5.88 Å². The molecule has 1 heterocycles. The molecule has 140 valence electrons. The summed E-state index contributed by atoms with van der Waals surface area (Å²) < 4.78 is 63.1. The summed E-state index contributed by atoms with van der Waals surface area (Å²) in [5.41, 5.74) is -1.11. The minimum Gasteiger partial charge on any atom is -0.465 e. The van der Waals surface area contributed by atoms with Crippen molar-refractivity contribution in [2.45, 2.75) is 26.1 Å². The lowest BCUT2D eigenvalue weighted by atomic mass is 10.1. The quantitative estimate of drug-likeness (QED) is 0.612. The van der Waals surface area contributed by atoms with Crippen LogP contribution in [0.3, 0.4) is 0 Å². The first-order valence-corrected chi connectivity index (χ1v) is 7.52. The number of nitrogens with one attached hydrogen (secondary N) is 1. The van der Waals surface area contributed by atoms with E-state index in [0.29, 0.717) is 0 Å². The van der Waals surface area contributed by atoms with Gasteiger partial charge in [0.05, 0.1) is 18.4 Å². The summed E-state index contributed by atoms with van der Waals surface area (Å²) in [6.45, 7) is 3.54. The summed E-state index contributed by atoms with van der Waals surface area (Å²) in [7, 11) is 1.13. The van der Waals surface area contributed by atoms with Crippen LogP contribution in [0.15, 0.2) is 30.5 Å². The Morgan fingerprint density at radius 3 is 2.54 bits per heavy atom. The van der Waals surface area contributed by atoms with Crippen LogP contribution in [0.5, 0.6) is 11.6 Å². The highest BCUT2D eigenvalue weighted by Crippen LogP contribution is 2.38.